The van der Waals surface area contributed by atoms with Gasteiger partial charge in [-0.25, -0.2) is 26.9 Å². The van der Waals surface area contributed by atoms with E-state index in [1.54, 1.807) is 45.9 Å². The molecule has 0 spiro atoms. The van der Waals surface area contributed by atoms with Crippen LogP contribution in [0.15, 0.2) is 24.3 Å². The van der Waals surface area contributed by atoms with Crippen LogP contribution in [0, 0.1) is 12.7 Å². The summed E-state index contributed by atoms with van der Waals surface area (Å²) >= 11 is 1.22. The monoisotopic (exact) mass is 513 g/mol. The number of nitrogens with zero attached hydrogens (tertiary/aromatic N) is 3. The molecule has 0 aliphatic carbocycles. The van der Waals surface area contributed by atoms with Gasteiger partial charge in [0, 0.05) is 25.5 Å². The van der Waals surface area contributed by atoms with Gasteiger partial charge in [0.25, 0.3) is 0 Å². The van der Waals surface area contributed by atoms with Crippen LogP contribution in [0.1, 0.15) is 53.1 Å². The van der Waals surface area contributed by atoms with Crippen molar-refractivity contribution in [1.29, 1.82) is 0 Å². The number of carbonyl (C=O) groups excluding carboxylic acids is 2. The van der Waals surface area contributed by atoms with Crippen LogP contribution in [0.4, 0.5) is 9.18 Å². The standard InChI is InChI=1S/C23H32FN3O5S2/c1-16-21(19(28)15-34(30,31)26(5)6)25-20(33-16)14-27(22(29)32-23(2,3)4)13-9-11-17-10-7-8-12-18(17)24/h7-8,10,12H,9,11,13-15H2,1-6H3. The van der Waals surface area contributed by atoms with Gasteiger partial charge in [0.05, 0.1) is 6.54 Å². The second-order valence-corrected chi connectivity index (χ2v) is 12.5. The quantitative estimate of drug-likeness (QED) is 0.445. The maximum atomic E-state index is 13.9. The van der Waals surface area contributed by atoms with E-state index in [9.17, 15) is 22.4 Å². The largest absolute Gasteiger partial charge is 0.444 e. The number of ether oxygens (including phenoxy) is 1. The van der Waals surface area contributed by atoms with Crippen LogP contribution < -0.4 is 0 Å². The highest BCUT2D eigenvalue weighted by Gasteiger charge is 2.26. The van der Waals surface area contributed by atoms with E-state index in [2.05, 4.69) is 4.98 Å². The molecule has 1 aromatic heterocycles. The first kappa shape index (κ1) is 27.9. The summed E-state index contributed by atoms with van der Waals surface area (Å²) < 4.78 is 44.6. The molecule has 188 valence electrons. The zero-order valence-corrected chi connectivity index (χ0v) is 22.1. The van der Waals surface area contributed by atoms with E-state index in [4.69, 9.17) is 4.74 Å². The van der Waals surface area contributed by atoms with E-state index >= 15 is 0 Å². The molecule has 0 fully saturated rings. The third kappa shape index (κ3) is 8.14. The van der Waals surface area contributed by atoms with E-state index in [1.165, 1.54) is 36.4 Å². The Hall–Kier alpha value is -2.37. The van der Waals surface area contributed by atoms with Crippen LogP contribution >= 0.6 is 11.3 Å². The molecule has 2 aromatic rings. The molecule has 1 aromatic carbocycles. The first-order chi connectivity index (χ1) is 15.7. The van der Waals surface area contributed by atoms with Crippen molar-refractivity contribution in [3.05, 3.63) is 51.2 Å². The van der Waals surface area contributed by atoms with Gasteiger partial charge in [0.2, 0.25) is 10.0 Å². The maximum absolute atomic E-state index is 13.9. The molecule has 8 nitrogen and oxygen atoms in total. The molecule has 0 N–H and O–H groups in total. The van der Waals surface area contributed by atoms with Crippen LogP contribution in [0.5, 0.6) is 0 Å². The predicted octanol–water partition coefficient (Wildman–Crippen LogP) is 4.03. The van der Waals surface area contributed by atoms with Crippen LogP contribution in [0.2, 0.25) is 0 Å². The fraction of sp³-hybridized carbons (Fsp3) is 0.522. The zero-order chi connectivity index (χ0) is 25.7. The summed E-state index contributed by atoms with van der Waals surface area (Å²) in [7, 11) is -0.992. The smallest absolute Gasteiger partial charge is 0.410 e. The lowest BCUT2D eigenvalue weighted by Crippen LogP contribution is -2.37. The number of aryl methyl sites for hydroxylation is 2. The van der Waals surface area contributed by atoms with Crippen LogP contribution in [0.25, 0.3) is 0 Å². The lowest BCUT2D eigenvalue weighted by molar-refractivity contribution is 0.0231. The fourth-order valence-corrected chi connectivity index (χ4v) is 4.72. The number of rotatable bonds is 10. The van der Waals surface area contributed by atoms with Crippen molar-refractivity contribution < 1.29 is 27.1 Å². The van der Waals surface area contributed by atoms with Gasteiger partial charge in [-0.3, -0.25) is 4.79 Å². The summed E-state index contributed by atoms with van der Waals surface area (Å²) in [6, 6.07) is 6.49. The average molecular weight is 514 g/mol. The molecule has 0 aliphatic rings. The van der Waals surface area contributed by atoms with Gasteiger partial charge in [-0.15, -0.1) is 11.3 Å². The Bertz CT molecular complexity index is 1120. The maximum Gasteiger partial charge on any atom is 0.410 e. The van der Waals surface area contributed by atoms with E-state index in [0.717, 1.165) is 4.31 Å². The minimum atomic E-state index is -3.72. The molecular weight excluding hydrogens is 481 g/mol. The molecule has 0 saturated heterocycles. The van der Waals surface area contributed by atoms with E-state index < -0.39 is 33.3 Å². The molecule has 11 heteroatoms. The van der Waals surface area contributed by atoms with Gasteiger partial charge in [-0.1, -0.05) is 18.2 Å². The molecule has 0 saturated carbocycles. The Morgan fingerprint density at radius 3 is 2.41 bits per heavy atom. The molecule has 34 heavy (non-hydrogen) atoms. The van der Waals surface area contributed by atoms with Crippen LogP contribution in [-0.2, 0) is 27.7 Å². The molecule has 0 radical (unpaired) electrons. The van der Waals surface area contributed by atoms with Gasteiger partial charge >= 0.3 is 6.09 Å². The van der Waals surface area contributed by atoms with Crippen molar-refractivity contribution in [2.75, 3.05) is 26.4 Å². The molecule has 1 amide bonds. The molecule has 0 unspecified atom stereocenters. The second-order valence-electron chi connectivity index (χ2n) is 9.07. The number of hydrogen-bond donors (Lipinski definition) is 0. The fourth-order valence-electron chi connectivity index (χ4n) is 3.03. The van der Waals surface area contributed by atoms with Gasteiger partial charge in [0.1, 0.15) is 27.9 Å². The van der Waals surface area contributed by atoms with Crippen LogP contribution in [0.3, 0.4) is 0 Å². The normalized spacial score (nSPS) is 12.1. The van der Waals surface area contributed by atoms with Crippen molar-refractivity contribution in [3.63, 3.8) is 0 Å². The average Bonchev–Trinajstić information content (AvgIpc) is 3.07. The molecule has 0 aliphatic heterocycles. The third-order valence-corrected chi connectivity index (χ3v) is 7.48. The minimum absolute atomic E-state index is 0.0842. The number of halogens is 1. The Morgan fingerprint density at radius 1 is 1.18 bits per heavy atom. The van der Waals surface area contributed by atoms with E-state index in [-0.39, 0.29) is 18.1 Å². The van der Waals surface area contributed by atoms with E-state index in [0.29, 0.717) is 34.8 Å². The molecule has 0 bridgehead atoms. The molecule has 2 rings (SSSR count). The van der Waals surface area contributed by atoms with Crippen molar-refractivity contribution in [3.8, 4) is 0 Å². The van der Waals surface area contributed by atoms with Crippen molar-refractivity contribution in [1.82, 2.24) is 14.2 Å². The number of aromatic nitrogens is 1. The van der Waals surface area contributed by atoms with Crippen molar-refractivity contribution in [2.24, 2.45) is 0 Å². The van der Waals surface area contributed by atoms with Gasteiger partial charge < -0.3 is 9.64 Å². The number of sulfonamides is 1. The number of Topliss-reactive ketones (excluding diaryl/α,β-unsaturated/α-hetero) is 1. The topological polar surface area (TPSA) is 96.9 Å². The summed E-state index contributed by atoms with van der Waals surface area (Å²) in [6.07, 6.45) is 0.392. The lowest BCUT2D eigenvalue weighted by atomic mass is 10.1. The Kier molecular flexibility index (Phi) is 9.32. The summed E-state index contributed by atoms with van der Waals surface area (Å²) in [5.41, 5.74) is -0.0611. The number of hydrogen-bond acceptors (Lipinski definition) is 7. The molecule has 1 heterocycles. The first-order valence-corrected chi connectivity index (χ1v) is 13.2. The Labute approximate surface area is 204 Å². The van der Waals surface area contributed by atoms with Crippen molar-refractivity contribution in [2.45, 2.75) is 52.7 Å². The summed E-state index contributed by atoms with van der Waals surface area (Å²) in [6.45, 7) is 7.35. The van der Waals surface area contributed by atoms with Gasteiger partial charge in [-0.2, -0.15) is 0 Å². The van der Waals surface area contributed by atoms with Gasteiger partial charge in [0.15, 0.2) is 5.78 Å². The third-order valence-electron chi connectivity index (χ3n) is 4.78. The summed E-state index contributed by atoms with van der Waals surface area (Å²) in [4.78, 5) is 31.7. The Balaban J connectivity index is 2.17. The summed E-state index contributed by atoms with van der Waals surface area (Å²) in [5.74, 6) is -1.57. The lowest BCUT2D eigenvalue weighted by Gasteiger charge is -2.27. The zero-order valence-electron chi connectivity index (χ0n) is 20.4. The number of benzene rings is 1. The Morgan fingerprint density at radius 2 is 1.82 bits per heavy atom. The molecular formula is C23H32FN3O5S2. The van der Waals surface area contributed by atoms with Gasteiger partial charge in [-0.05, 0) is 52.2 Å². The first-order valence-electron chi connectivity index (χ1n) is 10.8. The summed E-state index contributed by atoms with van der Waals surface area (Å²) in [5, 5.41) is 0.486. The number of thiazole rings is 1. The van der Waals surface area contributed by atoms with Crippen molar-refractivity contribution >= 4 is 33.2 Å². The second kappa shape index (κ2) is 11.4. The highest BCUT2D eigenvalue weighted by Crippen LogP contribution is 2.22. The highest BCUT2D eigenvalue weighted by atomic mass is 32.2. The predicted molar refractivity (Wildman–Crippen MR) is 130 cm³/mol. The minimum Gasteiger partial charge on any atom is -0.444 e. The number of carbonyl (C=O) groups is 2. The molecule has 0 atom stereocenters. The SMILES string of the molecule is Cc1sc(CN(CCCc2ccccc2F)C(=O)OC(C)(C)C)nc1C(=O)CS(=O)(=O)N(C)C. The van der Waals surface area contributed by atoms with E-state index in [1.807, 2.05) is 0 Å². The highest BCUT2D eigenvalue weighted by molar-refractivity contribution is 7.89. The van der Waals surface area contributed by atoms with Crippen LogP contribution in [-0.4, -0.2) is 66.5 Å². The number of amides is 1. The number of ketones is 1.